The summed E-state index contributed by atoms with van der Waals surface area (Å²) in [6, 6.07) is 57.6. The van der Waals surface area contributed by atoms with Crippen molar-refractivity contribution in [2.75, 3.05) is 9.80 Å². The van der Waals surface area contributed by atoms with Crippen molar-refractivity contribution in [3.8, 4) is 28.3 Å². The summed E-state index contributed by atoms with van der Waals surface area (Å²) in [6.45, 7) is 0. The molecule has 1 N–H and O–H groups in total. The van der Waals surface area contributed by atoms with Gasteiger partial charge in [0.05, 0.1) is 5.69 Å². The molecular weight excluding hydrogens is 748 g/mol. The molecule has 0 unspecified atom stereocenters. The Morgan fingerprint density at radius 1 is 0.500 bits per heavy atom. The van der Waals surface area contributed by atoms with E-state index >= 15 is 0 Å². The van der Waals surface area contributed by atoms with Gasteiger partial charge < -0.3 is 14.9 Å². The van der Waals surface area contributed by atoms with Gasteiger partial charge in [-0.2, -0.15) is 0 Å². The van der Waals surface area contributed by atoms with Crippen LogP contribution >= 0.6 is 0 Å². The van der Waals surface area contributed by atoms with Crippen molar-refractivity contribution in [3.63, 3.8) is 0 Å². The minimum absolute atomic E-state index is 0. The Morgan fingerprint density at radius 2 is 1.07 bits per heavy atom. The third-order valence-electron chi connectivity index (χ3n) is 7.47. The third-order valence-corrected chi connectivity index (χ3v) is 7.47. The van der Waals surface area contributed by atoms with Gasteiger partial charge >= 0.3 is 0 Å². The Morgan fingerprint density at radius 3 is 1.67 bits per heavy atom. The van der Waals surface area contributed by atoms with E-state index in [-0.39, 0.29) is 26.8 Å². The van der Waals surface area contributed by atoms with Crippen LogP contribution in [0.2, 0.25) is 0 Å². The average molecular weight is 777 g/mol. The molecule has 0 saturated carbocycles. The molecule has 6 heteroatoms. The van der Waals surface area contributed by atoms with Crippen molar-refractivity contribution in [3.05, 3.63) is 176 Å². The molecular formula is C40H29N4OPt-. The Hall–Kier alpha value is -5.51. The largest absolute Gasteiger partial charge is 0.507 e. The maximum atomic E-state index is 10.9. The number of aromatic hydroxyl groups is 1. The van der Waals surface area contributed by atoms with Gasteiger partial charge in [-0.3, -0.25) is 4.98 Å². The summed E-state index contributed by atoms with van der Waals surface area (Å²) in [4.78, 5) is 14.0. The molecule has 0 amide bonds. The first-order chi connectivity index (χ1) is 22.2. The third kappa shape index (κ3) is 6.46. The molecule has 0 fully saturated rings. The zero-order valence-electron chi connectivity index (χ0n) is 24.7. The van der Waals surface area contributed by atoms with E-state index in [1.807, 2.05) is 115 Å². The molecule has 226 valence electrons. The Labute approximate surface area is 283 Å². The molecule has 0 atom stereocenters. The van der Waals surface area contributed by atoms with E-state index in [1.54, 1.807) is 12.3 Å². The Balaban J connectivity index is 0.00000372. The zero-order chi connectivity index (χ0) is 30.4. The van der Waals surface area contributed by atoms with Gasteiger partial charge in [-0.15, -0.1) is 29.8 Å². The van der Waals surface area contributed by atoms with E-state index in [9.17, 15) is 5.11 Å². The fraction of sp³-hybridized carbons (Fsp3) is 0. The number of anilines is 6. The number of para-hydroxylation sites is 4. The minimum atomic E-state index is 0. The average Bonchev–Trinajstić information content (AvgIpc) is 3.11. The zero-order valence-corrected chi connectivity index (χ0v) is 27.0. The molecule has 0 aliphatic rings. The van der Waals surface area contributed by atoms with Crippen LogP contribution < -0.4 is 9.80 Å². The fourth-order valence-electron chi connectivity index (χ4n) is 5.41. The summed E-state index contributed by atoms with van der Waals surface area (Å²) in [5.74, 6) is 0.954. The van der Waals surface area contributed by atoms with Crippen LogP contribution in [-0.4, -0.2) is 15.1 Å². The molecule has 0 aliphatic carbocycles. The Kier molecular flexibility index (Phi) is 9.33. The summed E-state index contributed by atoms with van der Waals surface area (Å²) in [5, 5.41) is 10.9. The predicted molar refractivity (Wildman–Crippen MR) is 183 cm³/mol. The van der Waals surface area contributed by atoms with Crippen LogP contribution in [0.3, 0.4) is 0 Å². The van der Waals surface area contributed by atoms with Crippen molar-refractivity contribution in [2.45, 2.75) is 0 Å². The molecule has 5 nitrogen and oxygen atoms in total. The molecule has 0 bridgehead atoms. The van der Waals surface area contributed by atoms with Crippen LogP contribution in [0.4, 0.5) is 34.3 Å². The number of nitrogens with zero attached hydrogens (tertiary/aromatic N) is 4. The standard InChI is InChI=1S/C40H29N4O.Pt/c45-39-24-11-10-23-36(39)38-29-35(43(31-16-4-1-5-17-31)32-18-6-2-7-19-32)28-37(42-38)30-15-14-22-34(27-30)44(33-20-8-3-9-21-33)40-25-12-13-26-41-40;/h1-26,28-29,45H;/q-1;. The maximum Gasteiger partial charge on any atom is 0.136 e. The molecule has 7 aromatic rings. The van der Waals surface area contributed by atoms with Crippen molar-refractivity contribution in [1.29, 1.82) is 0 Å². The number of pyridine rings is 2. The normalized spacial score (nSPS) is 10.5. The van der Waals surface area contributed by atoms with E-state index < -0.39 is 0 Å². The first kappa shape index (κ1) is 30.5. The first-order valence-electron chi connectivity index (χ1n) is 14.7. The van der Waals surface area contributed by atoms with Crippen molar-refractivity contribution in [1.82, 2.24) is 9.97 Å². The van der Waals surface area contributed by atoms with Gasteiger partial charge in [-0.05, 0) is 78.1 Å². The molecule has 5 aromatic carbocycles. The molecule has 2 heterocycles. The molecule has 0 saturated heterocycles. The molecule has 0 radical (unpaired) electrons. The number of rotatable bonds is 8. The van der Waals surface area contributed by atoms with Crippen LogP contribution in [0, 0.1) is 6.07 Å². The number of hydrogen-bond acceptors (Lipinski definition) is 5. The maximum absolute atomic E-state index is 10.9. The van der Waals surface area contributed by atoms with E-state index in [4.69, 9.17) is 4.98 Å². The van der Waals surface area contributed by atoms with Gasteiger partial charge in [0, 0.05) is 55.6 Å². The monoisotopic (exact) mass is 776 g/mol. The summed E-state index contributed by atoms with van der Waals surface area (Å²) < 4.78 is 0. The minimum Gasteiger partial charge on any atom is -0.507 e. The number of phenols is 1. The molecule has 7 rings (SSSR count). The van der Waals surface area contributed by atoms with Crippen LogP contribution in [0.5, 0.6) is 5.75 Å². The van der Waals surface area contributed by atoms with Crippen LogP contribution in [0.15, 0.2) is 170 Å². The number of phenolic OH excluding ortho intramolecular Hbond substituents is 1. The molecule has 0 aliphatic heterocycles. The SMILES string of the molecule is Oc1ccccc1-c1cc(N(c2ccccc2)c2ccccc2)cc(-c2[c-]c(N(c3ccccc3)c3ccccn3)ccc2)n1.[Pt]. The number of hydrogen-bond donors (Lipinski definition) is 1. The first-order valence-corrected chi connectivity index (χ1v) is 14.7. The second-order valence-electron chi connectivity index (χ2n) is 10.4. The smallest absolute Gasteiger partial charge is 0.136 e. The molecule has 46 heavy (non-hydrogen) atoms. The van der Waals surface area contributed by atoms with E-state index in [1.165, 1.54) is 0 Å². The van der Waals surface area contributed by atoms with Crippen molar-refractivity contribution in [2.24, 2.45) is 0 Å². The predicted octanol–water partition coefficient (Wildman–Crippen LogP) is 10.3. The topological polar surface area (TPSA) is 52.5 Å². The van der Waals surface area contributed by atoms with Crippen molar-refractivity contribution >= 4 is 34.3 Å². The second kappa shape index (κ2) is 14.1. The summed E-state index contributed by atoms with van der Waals surface area (Å²) >= 11 is 0. The number of aromatic nitrogens is 2. The van der Waals surface area contributed by atoms with Crippen LogP contribution in [-0.2, 0) is 21.1 Å². The van der Waals surface area contributed by atoms with Gasteiger partial charge in [0.2, 0.25) is 0 Å². The fourth-order valence-corrected chi connectivity index (χ4v) is 5.41. The summed E-state index contributed by atoms with van der Waals surface area (Å²) in [7, 11) is 0. The molecule has 2 aromatic heterocycles. The summed E-state index contributed by atoms with van der Waals surface area (Å²) in [6.07, 6.45) is 1.79. The van der Waals surface area contributed by atoms with E-state index in [2.05, 4.69) is 63.3 Å². The van der Waals surface area contributed by atoms with E-state index in [0.717, 1.165) is 45.5 Å². The second-order valence-corrected chi connectivity index (χ2v) is 10.4. The summed E-state index contributed by atoms with van der Waals surface area (Å²) in [5.41, 5.74) is 7.55. The van der Waals surface area contributed by atoms with Gasteiger partial charge in [0.25, 0.3) is 0 Å². The van der Waals surface area contributed by atoms with Gasteiger partial charge in [-0.1, -0.05) is 78.9 Å². The van der Waals surface area contributed by atoms with Crippen LogP contribution in [0.25, 0.3) is 22.5 Å². The van der Waals surface area contributed by atoms with Gasteiger partial charge in [-0.25, -0.2) is 4.98 Å². The van der Waals surface area contributed by atoms with Gasteiger partial charge in [0.1, 0.15) is 11.6 Å². The van der Waals surface area contributed by atoms with Crippen molar-refractivity contribution < 1.29 is 26.2 Å². The van der Waals surface area contributed by atoms with E-state index in [0.29, 0.717) is 11.3 Å². The van der Waals surface area contributed by atoms with Gasteiger partial charge in [0.15, 0.2) is 0 Å². The number of benzene rings is 5. The molecule has 0 spiro atoms. The Bertz CT molecular complexity index is 1950. The quantitative estimate of drug-likeness (QED) is 0.156. The van der Waals surface area contributed by atoms with Crippen LogP contribution in [0.1, 0.15) is 0 Å².